The molecule has 3 heteroatoms. The van der Waals surface area contributed by atoms with Crippen LogP contribution < -0.4 is 5.32 Å². The lowest BCUT2D eigenvalue weighted by Gasteiger charge is -2.26. The summed E-state index contributed by atoms with van der Waals surface area (Å²) in [7, 11) is 0. The molecule has 2 aliphatic carbocycles. The van der Waals surface area contributed by atoms with Gasteiger partial charge in [-0.15, -0.1) is 11.3 Å². The zero-order valence-electron chi connectivity index (χ0n) is 12.4. The molecule has 2 aromatic rings. The number of hydrogen-bond acceptors (Lipinski definition) is 2. The van der Waals surface area contributed by atoms with E-state index in [0.29, 0.717) is 6.04 Å². The Morgan fingerprint density at radius 3 is 2.86 bits per heavy atom. The summed E-state index contributed by atoms with van der Waals surface area (Å²) in [5.74, 6) is 2.95. The van der Waals surface area contributed by atoms with Gasteiger partial charge in [0.25, 0.3) is 0 Å². The molecular formula is C18H22BrNS. The molecule has 0 bridgehead atoms. The van der Waals surface area contributed by atoms with Crippen molar-refractivity contribution in [1.82, 2.24) is 5.32 Å². The summed E-state index contributed by atoms with van der Waals surface area (Å²) in [6, 6.07) is 7.18. The lowest BCUT2D eigenvalue weighted by molar-refractivity contribution is 0.344. The van der Waals surface area contributed by atoms with E-state index in [1.54, 1.807) is 0 Å². The van der Waals surface area contributed by atoms with Gasteiger partial charge in [0.2, 0.25) is 0 Å². The minimum atomic E-state index is 0.556. The van der Waals surface area contributed by atoms with Crippen molar-refractivity contribution in [3.63, 3.8) is 0 Å². The first-order chi connectivity index (χ1) is 10.3. The van der Waals surface area contributed by atoms with Crippen LogP contribution >= 0.6 is 27.3 Å². The van der Waals surface area contributed by atoms with E-state index in [1.165, 1.54) is 45.8 Å². The fraction of sp³-hybridized carbons (Fsp3) is 0.556. The van der Waals surface area contributed by atoms with Gasteiger partial charge in [-0.1, -0.05) is 19.1 Å². The monoisotopic (exact) mass is 363 g/mol. The van der Waals surface area contributed by atoms with E-state index in [2.05, 4.69) is 51.7 Å². The van der Waals surface area contributed by atoms with Crippen molar-refractivity contribution in [2.24, 2.45) is 17.8 Å². The Bertz CT molecular complexity index is 640. The van der Waals surface area contributed by atoms with Crippen LogP contribution in [0.4, 0.5) is 0 Å². The normalized spacial score (nSPS) is 28.8. The average Bonchev–Trinajstić information content (AvgIpc) is 2.91. The molecule has 0 aliphatic heterocycles. The summed E-state index contributed by atoms with van der Waals surface area (Å²) in [6.45, 7) is 3.39. The van der Waals surface area contributed by atoms with Crippen LogP contribution in [0.5, 0.6) is 0 Å². The maximum absolute atomic E-state index is 3.86. The fourth-order valence-corrected chi connectivity index (χ4v) is 5.81. The molecule has 1 nitrogen and oxygen atoms in total. The molecule has 2 saturated carbocycles. The zero-order valence-corrected chi connectivity index (χ0v) is 14.8. The summed E-state index contributed by atoms with van der Waals surface area (Å²) < 4.78 is 2.64. The van der Waals surface area contributed by atoms with Crippen molar-refractivity contribution < 1.29 is 0 Å². The van der Waals surface area contributed by atoms with Crippen LogP contribution in [0.15, 0.2) is 28.1 Å². The highest BCUT2D eigenvalue weighted by molar-refractivity contribution is 9.10. The summed E-state index contributed by atoms with van der Waals surface area (Å²) in [5.41, 5.74) is 1.54. The average molecular weight is 364 g/mol. The summed E-state index contributed by atoms with van der Waals surface area (Å²) in [5, 5.41) is 7.70. The van der Waals surface area contributed by atoms with Crippen molar-refractivity contribution in [2.45, 2.75) is 38.6 Å². The molecule has 1 aromatic heterocycles. The molecule has 0 saturated heterocycles. The second-order valence-electron chi connectivity index (χ2n) is 6.73. The Hall–Kier alpha value is -0.380. The second kappa shape index (κ2) is 5.68. The Morgan fingerprint density at radius 1 is 1.29 bits per heavy atom. The Balaban J connectivity index is 1.68. The lowest BCUT2D eigenvalue weighted by Crippen LogP contribution is -2.28. The lowest BCUT2D eigenvalue weighted by atomic mass is 9.89. The van der Waals surface area contributed by atoms with Crippen LogP contribution in [0.3, 0.4) is 0 Å². The number of rotatable bonds is 5. The summed E-state index contributed by atoms with van der Waals surface area (Å²) >= 11 is 5.59. The van der Waals surface area contributed by atoms with E-state index in [-0.39, 0.29) is 0 Å². The van der Waals surface area contributed by atoms with E-state index in [9.17, 15) is 0 Å². The topological polar surface area (TPSA) is 12.0 Å². The van der Waals surface area contributed by atoms with Crippen LogP contribution in [0.1, 0.15) is 44.2 Å². The standard InChI is InChI=1S/C18H22BrNS/c1-2-6-20-17(13-8-11-7-12(11)9-13)15-10-21-18-14(15)4-3-5-16(18)19/h3-5,10-13,17,20H,2,6-9H2,1H3. The Labute approximate surface area is 139 Å². The van der Waals surface area contributed by atoms with Gasteiger partial charge in [0.1, 0.15) is 0 Å². The highest BCUT2D eigenvalue weighted by atomic mass is 79.9. The van der Waals surface area contributed by atoms with Crippen molar-refractivity contribution in [1.29, 1.82) is 0 Å². The minimum Gasteiger partial charge on any atom is -0.310 e. The molecular weight excluding hydrogens is 342 g/mol. The molecule has 2 aliphatic rings. The van der Waals surface area contributed by atoms with Gasteiger partial charge in [-0.2, -0.15) is 0 Å². The third kappa shape index (κ3) is 2.58. The van der Waals surface area contributed by atoms with Crippen LogP contribution in [0.2, 0.25) is 0 Å². The molecule has 3 atom stereocenters. The van der Waals surface area contributed by atoms with Crippen molar-refractivity contribution in [3.8, 4) is 0 Å². The molecule has 1 N–H and O–H groups in total. The van der Waals surface area contributed by atoms with Gasteiger partial charge in [0.15, 0.2) is 0 Å². The van der Waals surface area contributed by atoms with E-state index >= 15 is 0 Å². The molecule has 112 valence electrons. The van der Waals surface area contributed by atoms with E-state index in [0.717, 1.165) is 24.3 Å². The molecule has 0 spiro atoms. The number of benzene rings is 1. The van der Waals surface area contributed by atoms with Crippen LogP contribution in [0, 0.1) is 17.8 Å². The number of hydrogen-bond donors (Lipinski definition) is 1. The smallest absolute Gasteiger partial charge is 0.0488 e. The number of nitrogens with one attached hydrogen (secondary N) is 1. The second-order valence-corrected chi connectivity index (χ2v) is 8.46. The van der Waals surface area contributed by atoms with E-state index in [1.807, 2.05) is 11.3 Å². The van der Waals surface area contributed by atoms with Gasteiger partial charge in [0, 0.05) is 15.2 Å². The van der Waals surface area contributed by atoms with Crippen LogP contribution in [-0.4, -0.2) is 6.54 Å². The van der Waals surface area contributed by atoms with Gasteiger partial charge in [-0.25, -0.2) is 0 Å². The maximum Gasteiger partial charge on any atom is 0.0488 e. The first-order valence-corrected chi connectivity index (χ1v) is 9.84. The molecule has 4 rings (SSSR count). The van der Waals surface area contributed by atoms with Gasteiger partial charge in [-0.3, -0.25) is 0 Å². The number of thiophene rings is 1. The van der Waals surface area contributed by atoms with Gasteiger partial charge in [-0.05, 0) is 88.3 Å². The molecule has 1 aromatic carbocycles. The number of halogens is 1. The fourth-order valence-electron chi connectivity index (χ4n) is 4.15. The van der Waals surface area contributed by atoms with Crippen LogP contribution in [-0.2, 0) is 0 Å². The predicted molar refractivity (Wildman–Crippen MR) is 94.9 cm³/mol. The minimum absolute atomic E-state index is 0.556. The highest BCUT2D eigenvalue weighted by Gasteiger charge is 2.48. The van der Waals surface area contributed by atoms with Gasteiger partial charge in [0.05, 0.1) is 0 Å². The molecule has 0 amide bonds. The molecule has 3 unspecified atom stereocenters. The third-order valence-electron chi connectivity index (χ3n) is 5.28. The number of fused-ring (bicyclic) bond motifs is 2. The summed E-state index contributed by atoms with van der Waals surface area (Å²) in [4.78, 5) is 0. The van der Waals surface area contributed by atoms with Crippen molar-refractivity contribution in [2.75, 3.05) is 6.54 Å². The first kappa shape index (κ1) is 14.2. The van der Waals surface area contributed by atoms with Gasteiger partial charge >= 0.3 is 0 Å². The predicted octanol–water partition coefficient (Wildman–Crippen LogP) is 5.75. The largest absolute Gasteiger partial charge is 0.310 e. The molecule has 21 heavy (non-hydrogen) atoms. The quantitative estimate of drug-likeness (QED) is 0.712. The van der Waals surface area contributed by atoms with Crippen molar-refractivity contribution in [3.05, 3.63) is 33.6 Å². The van der Waals surface area contributed by atoms with Crippen LogP contribution in [0.25, 0.3) is 10.1 Å². The van der Waals surface area contributed by atoms with E-state index in [4.69, 9.17) is 0 Å². The Morgan fingerprint density at radius 2 is 2.10 bits per heavy atom. The molecule has 0 radical (unpaired) electrons. The molecule has 1 heterocycles. The van der Waals surface area contributed by atoms with Gasteiger partial charge < -0.3 is 5.32 Å². The SMILES string of the molecule is CCCNC(c1csc2c(Br)cccc12)C1CC2CC2C1. The highest BCUT2D eigenvalue weighted by Crippen LogP contribution is 2.57. The first-order valence-electron chi connectivity index (χ1n) is 8.17. The Kier molecular flexibility index (Phi) is 3.85. The zero-order chi connectivity index (χ0) is 14.4. The molecule has 2 fully saturated rings. The summed E-state index contributed by atoms with van der Waals surface area (Å²) in [6.07, 6.45) is 5.60. The third-order valence-corrected chi connectivity index (χ3v) is 7.25. The van der Waals surface area contributed by atoms with Crippen molar-refractivity contribution >= 4 is 37.4 Å². The van der Waals surface area contributed by atoms with E-state index < -0.39 is 0 Å². The maximum atomic E-state index is 3.86.